The molecule has 0 bridgehead atoms. The molecule has 0 aromatic carbocycles. The summed E-state index contributed by atoms with van der Waals surface area (Å²) in [4.78, 5) is 19.1. The van der Waals surface area contributed by atoms with Crippen LogP contribution in [-0.2, 0) is 0 Å². The molecule has 0 fully saturated rings. The molecule has 0 saturated carbocycles. The summed E-state index contributed by atoms with van der Waals surface area (Å²) in [7, 11) is 0. The largest absolute Gasteiger partial charge is 0.310 e. The first-order valence-electron chi connectivity index (χ1n) is 3.82. The summed E-state index contributed by atoms with van der Waals surface area (Å²) in [5.74, 6) is -0.393. The lowest BCUT2D eigenvalue weighted by Crippen LogP contribution is -2.13. The topological polar surface area (TPSA) is 80.7 Å². The van der Waals surface area contributed by atoms with Crippen LogP contribution in [0.4, 0.5) is 5.00 Å². The second-order valence-electron chi connectivity index (χ2n) is 2.46. The van der Waals surface area contributed by atoms with E-state index in [9.17, 15) is 4.79 Å². The Bertz CT molecular complexity index is 474. The Morgan fingerprint density at radius 2 is 2.27 bits per heavy atom. The van der Waals surface area contributed by atoms with Gasteiger partial charge in [-0.05, 0) is 0 Å². The van der Waals surface area contributed by atoms with Gasteiger partial charge in [-0.2, -0.15) is 0 Å². The Kier molecular flexibility index (Phi) is 2.84. The zero-order valence-corrected chi connectivity index (χ0v) is 8.79. The van der Waals surface area contributed by atoms with Gasteiger partial charge in [0.2, 0.25) is 0 Å². The summed E-state index contributed by atoms with van der Waals surface area (Å²) in [6.07, 6.45) is 4.13. The Labute approximate surface area is 93.5 Å². The van der Waals surface area contributed by atoms with E-state index in [2.05, 4.69) is 24.9 Å². The van der Waals surface area contributed by atoms with Crippen LogP contribution < -0.4 is 5.32 Å². The molecule has 0 radical (unpaired) electrons. The standard InChI is InChI=1S/C7H4ClN5OS/c8-5-2-9-1-4(11-5)7(14)12-6-3-10-13-15-6/h1-3H,(H,12,14). The van der Waals surface area contributed by atoms with Crippen molar-refractivity contribution in [3.63, 3.8) is 0 Å². The van der Waals surface area contributed by atoms with Gasteiger partial charge in [0.25, 0.3) is 5.91 Å². The van der Waals surface area contributed by atoms with Gasteiger partial charge in [0.05, 0.1) is 18.6 Å². The second-order valence-corrected chi connectivity index (χ2v) is 3.64. The lowest BCUT2D eigenvalue weighted by atomic mass is 10.4. The highest BCUT2D eigenvalue weighted by Crippen LogP contribution is 2.11. The molecule has 0 aliphatic carbocycles. The molecule has 0 aliphatic rings. The smallest absolute Gasteiger partial charge is 0.276 e. The minimum absolute atomic E-state index is 0.149. The SMILES string of the molecule is O=C(Nc1cnns1)c1cncc(Cl)n1. The fourth-order valence-electron chi connectivity index (χ4n) is 0.850. The van der Waals surface area contributed by atoms with Crippen LogP contribution in [0.25, 0.3) is 0 Å². The van der Waals surface area contributed by atoms with Crippen LogP contribution in [0.15, 0.2) is 18.6 Å². The molecule has 8 heteroatoms. The fourth-order valence-corrected chi connectivity index (χ4v) is 1.41. The summed E-state index contributed by atoms with van der Waals surface area (Å²) in [5.41, 5.74) is 0.149. The van der Waals surface area contributed by atoms with Crippen LogP contribution in [0.1, 0.15) is 10.5 Å². The number of carbonyl (C=O) groups is 1. The number of anilines is 1. The zero-order valence-electron chi connectivity index (χ0n) is 7.22. The molecule has 15 heavy (non-hydrogen) atoms. The van der Waals surface area contributed by atoms with Crippen LogP contribution in [0.3, 0.4) is 0 Å². The van der Waals surface area contributed by atoms with Crippen molar-refractivity contribution in [2.45, 2.75) is 0 Å². The number of halogens is 1. The van der Waals surface area contributed by atoms with E-state index in [0.29, 0.717) is 5.00 Å². The van der Waals surface area contributed by atoms with E-state index in [1.165, 1.54) is 18.6 Å². The summed E-state index contributed by atoms with van der Waals surface area (Å²) in [5, 5.41) is 6.85. The molecule has 0 unspecified atom stereocenters. The number of hydrogen-bond acceptors (Lipinski definition) is 6. The Hall–Kier alpha value is -1.60. The van der Waals surface area contributed by atoms with E-state index in [-0.39, 0.29) is 10.8 Å². The highest BCUT2D eigenvalue weighted by Gasteiger charge is 2.09. The highest BCUT2D eigenvalue weighted by atomic mass is 35.5. The van der Waals surface area contributed by atoms with Crippen LogP contribution in [-0.4, -0.2) is 25.5 Å². The van der Waals surface area contributed by atoms with Crippen LogP contribution in [0, 0.1) is 0 Å². The maximum Gasteiger partial charge on any atom is 0.276 e. The molecule has 0 atom stereocenters. The predicted octanol–water partition coefficient (Wildman–Crippen LogP) is 1.23. The Balaban J connectivity index is 2.15. The maximum absolute atomic E-state index is 11.5. The molecule has 2 aromatic heterocycles. The summed E-state index contributed by atoms with van der Waals surface area (Å²) in [6.45, 7) is 0. The second kappa shape index (κ2) is 4.28. The van der Waals surface area contributed by atoms with Crippen molar-refractivity contribution in [1.29, 1.82) is 0 Å². The van der Waals surface area contributed by atoms with Crippen molar-refractivity contribution >= 4 is 34.0 Å². The first-order chi connectivity index (χ1) is 7.25. The summed E-state index contributed by atoms with van der Waals surface area (Å²) < 4.78 is 3.60. The van der Waals surface area contributed by atoms with Crippen LogP contribution in [0.2, 0.25) is 5.15 Å². The van der Waals surface area contributed by atoms with E-state index < -0.39 is 5.91 Å². The van der Waals surface area contributed by atoms with Gasteiger partial charge in [-0.1, -0.05) is 16.1 Å². The van der Waals surface area contributed by atoms with E-state index in [1.54, 1.807) is 0 Å². The zero-order chi connectivity index (χ0) is 10.7. The van der Waals surface area contributed by atoms with Crippen molar-refractivity contribution in [2.24, 2.45) is 0 Å². The molecule has 1 N–H and O–H groups in total. The minimum atomic E-state index is -0.393. The van der Waals surface area contributed by atoms with Gasteiger partial charge < -0.3 is 5.32 Å². The highest BCUT2D eigenvalue weighted by molar-refractivity contribution is 7.10. The van der Waals surface area contributed by atoms with E-state index >= 15 is 0 Å². The van der Waals surface area contributed by atoms with Crippen molar-refractivity contribution in [1.82, 2.24) is 19.6 Å². The predicted molar refractivity (Wildman–Crippen MR) is 54.9 cm³/mol. The first-order valence-corrected chi connectivity index (χ1v) is 4.97. The molecule has 76 valence electrons. The third-order valence-electron chi connectivity index (χ3n) is 1.44. The number of amides is 1. The van der Waals surface area contributed by atoms with Gasteiger partial charge in [0.15, 0.2) is 0 Å². The number of nitrogens with zero attached hydrogens (tertiary/aromatic N) is 4. The molecule has 0 aliphatic heterocycles. The van der Waals surface area contributed by atoms with Crippen molar-refractivity contribution in [3.8, 4) is 0 Å². The van der Waals surface area contributed by atoms with Gasteiger partial charge in [-0.15, -0.1) is 5.10 Å². The number of rotatable bonds is 2. The first kappa shape index (κ1) is 9.94. The number of carbonyl (C=O) groups excluding carboxylic acids is 1. The number of nitrogens with one attached hydrogen (secondary N) is 1. The monoisotopic (exact) mass is 241 g/mol. The average molecular weight is 242 g/mol. The molecule has 0 saturated heterocycles. The molecule has 6 nitrogen and oxygen atoms in total. The maximum atomic E-state index is 11.5. The molecule has 0 spiro atoms. The lowest BCUT2D eigenvalue weighted by Gasteiger charge is -1.99. The fraction of sp³-hybridized carbons (Fsp3) is 0. The lowest BCUT2D eigenvalue weighted by molar-refractivity contribution is 0.102. The molecule has 2 heterocycles. The average Bonchev–Trinajstić information content (AvgIpc) is 2.70. The van der Waals surface area contributed by atoms with Crippen LogP contribution >= 0.6 is 23.1 Å². The molecular formula is C7H4ClN5OS. The summed E-state index contributed by atoms with van der Waals surface area (Å²) in [6, 6.07) is 0. The van der Waals surface area contributed by atoms with Crippen molar-refractivity contribution in [3.05, 3.63) is 29.4 Å². The minimum Gasteiger partial charge on any atom is -0.310 e. The third kappa shape index (κ3) is 2.45. The molecule has 1 amide bonds. The number of aromatic nitrogens is 4. The molecule has 2 aromatic rings. The van der Waals surface area contributed by atoms with Gasteiger partial charge in [-0.3, -0.25) is 9.78 Å². The van der Waals surface area contributed by atoms with Crippen LogP contribution in [0.5, 0.6) is 0 Å². The van der Waals surface area contributed by atoms with Gasteiger partial charge in [-0.25, -0.2) is 4.98 Å². The molecule has 2 rings (SSSR count). The third-order valence-corrected chi connectivity index (χ3v) is 2.20. The van der Waals surface area contributed by atoms with E-state index in [1.807, 2.05) is 0 Å². The molecular weight excluding hydrogens is 238 g/mol. The normalized spacial score (nSPS) is 9.93. The van der Waals surface area contributed by atoms with Crippen molar-refractivity contribution in [2.75, 3.05) is 5.32 Å². The quantitative estimate of drug-likeness (QED) is 0.855. The Morgan fingerprint density at radius 1 is 1.40 bits per heavy atom. The van der Waals surface area contributed by atoms with E-state index in [0.717, 1.165) is 11.5 Å². The van der Waals surface area contributed by atoms with E-state index in [4.69, 9.17) is 11.6 Å². The van der Waals surface area contributed by atoms with Gasteiger partial charge in [0, 0.05) is 11.5 Å². The van der Waals surface area contributed by atoms with Crippen molar-refractivity contribution < 1.29 is 4.79 Å². The van der Waals surface area contributed by atoms with Gasteiger partial charge >= 0.3 is 0 Å². The Morgan fingerprint density at radius 3 is 2.93 bits per heavy atom. The number of hydrogen-bond donors (Lipinski definition) is 1. The van der Waals surface area contributed by atoms with Gasteiger partial charge in [0.1, 0.15) is 15.8 Å². The summed E-state index contributed by atoms with van der Waals surface area (Å²) >= 11 is 6.67.